The molecule has 0 radical (unpaired) electrons. The molecule has 0 unspecified atom stereocenters. The van der Waals surface area contributed by atoms with Gasteiger partial charge >= 0.3 is 6.36 Å². The first-order chi connectivity index (χ1) is 7.78. The second-order valence-corrected chi connectivity index (χ2v) is 4.76. The first-order valence-electron chi connectivity index (χ1n) is 4.96. The molecule has 1 rings (SSSR count). The fourth-order valence-electron chi connectivity index (χ4n) is 1.06. The summed E-state index contributed by atoms with van der Waals surface area (Å²) >= 11 is 3.08. The van der Waals surface area contributed by atoms with Crippen LogP contribution in [0.1, 0.15) is 13.8 Å². The van der Waals surface area contributed by atoms with E-state index in [1.807, 2.05) is 13.8 Å². The Labute approximate surface area is 106 Å². The van der Waals surface area contributed by atoms with Crippen molar-refractivity contribution in [2.45, 2.75) is 20.2 Å². The lowest BCUT2D eigenvalue weighted by Gasteiger charge is -2.15. The first-order valence-corrected chi connectivity index (χ1v) is 5.75. The smallest absolute Gasteiger partial charge is 0.489 e. The van der Waals surface area contributed by atoms with Gasteiger partial charge in [-0.1, -0.05) is 29.8 Å². The van der Waals surface area contributed by atoms with Gasteiger partial charge in [-0.2, -0.15) is 0 Å². The van der Waals surface area contributed by atoms with E-state index in [0.29, 0.717) is 11.1 Å². The van der Waals surface area contributed by atoms with Gasteiger partial charge in [-0.15, -0.1) is 13.2 Å². The van der Waals surface area contributed by atoms with E-state index < -0.39 is 6.36 Å². The Kier molecular flexibility index (Phi) is 4.68. The van der Waals surface area contributed by atoms with Crippen LogP contribution >= 0.6 is 15.9 Å². The fourth-order valence-corrected chi connectivity index (χ4v) is 1.40. The topological polar surface area (TPSA) is 18.5 Å². The van der Waals surface area contributed by atoms with Crippen LogP contribution in [0.4, 0.5) is 13.2 Å². The van der Waals surface area contributed by atoms with Crippen molar-refractivity contribution in [3.8, 4) is 11.5 Å². The Balaban J connectivity index is 2.88. The zero-order chi connectivity index (χ0) is 13.1. The number of rotatable bonds is 4. The van der Waals surface area contributed by atoms with Crippen molar-refractivity contribution >= 4 is 15.9 Å². The molecule has 0 amide bonds. The molecule has 17 heavy (non-hydrogen) atoms. The number of alkyl halides is 3. The average molecular weight is 313 g/mol. The molecule has 2 nitrogen and oxygen atoms in total. The third-order valence-corrected chi connectivity index (χ3v) is 2.20. The van der Waals surface area contributed by atoms with Crippen LogP contribution in [-0.2, 0) is 0 Å². The van der Waals surface area contributed by atoms with E-state index in [0.717, 1.165) is 0 Å². The highest BCUT2D eigenvalue weighted by Crippen LogP contribution is 2.34. The normalized spacial score (nSPS) is 11.7. The summed E-state index contributed by atoms with van der Waals surface area (Å²) < 4.78 is 46.1. The number of halogens is 4. The number of hydrogen-bond acceptors (Lipinski definition) is 2. The zero-order valence-electron chi connectivity index (χ0n) is 9.34. The molecule has 0 saturated carbocycles. The van der Waals surface area contributed by atoms with E-state index in [1.165, 1.54) is 12.1 Å². The molecule has 0 N–H and O–H groups in total. The Hall–Kier alpha value is -0.910. The lowest BCUT2D eigenvalue weighted by Crippen LogP contribution is -2.18. The van der Waals surface area contributed by atoms with Gasteiger partial charge in [0.1, 0.15) is 0 Å². The summed E-state index contributed by atoms with van der Waals surface area (Å²) in [6.07, 6.45) is -4.73. The van der Waals surface area contributed by atoms with Gasteiger partial charge < -0.3 is 9.47 Å². The van der Waals surface area contributed by atoms with Gasteiger partial charge in [0, 0.05) is 4.47 Å². The van der Waals surface area contributed by atoms with Crippen LogP contribution in [0.3, 0.4) is 0 Å². The molecule has 1 aromatic rings. The minimum atomic E-state index is -4.73. The molecule has 0 fully saturated rings. The molecular weight excluding hydrogens is 301 g/mol. The number of benzene rings is 1. The zero-order valence-corrected chi connectivity index (χ0v) is 10.9. The van der Waals surface area contributed by atoms with Gasteiger partial charge in [0.05, 0.1) is 6.61 Å². The molecule has 0 bridgehead atoms. The van der Waals surface area contributed by atoms with E-state index in [1.54, 1.807) is 6.07 Å². The van der Waals surface area contributed by atoms with Crippen molar-refractivity contribution in [2.24, 2.45) is 5.92 Å². The van der Waals surface area contributed by atoms with Crippen LogP contribution in [0.25, 0.3) is 0 Å². The summed E-state index contributed by atoms with van der Waals surface area (Å²) in [4.78, 5) is 0. The van der Waals surface area contributed by atoms with Crippen molar-refractivity contribution in [3.63, 3.8) is 0 Å². The molecule has 6 heteroatoms. The van der Waals surface area contributed by atoms with Crippen LogP contribution < -0.4 is 9.47 Å². The lowest BCUT2D eigenvalue weighted by atomic mass is 10.2. The Morgan fingerprint density at radius 1 is 1.24 bits per heavy atom. The maximum atomic E-state index is 12.2. The van der Waals surface area contributed by atoms with E-state index >= 15 is 0 Å². The molecular formula is C11H12BrF3O2. The maximum Gasteiger partial charge on any atom is 0.573 e. The molecule has 0 heterocycles. The van der Waals surface area contributed by atoms with Gasteiger partial charge in [0.25, 0.3) is 0 Å². The molecule has 0 aliphatic heterocycles. The first kappa shape index (κ1) is 14.2. The minimum absolute atomic E-state index is 0.0826. The summed E-state index contributed by atoms with van der Waals surface area (Å²) in [7, 11) is 0. The second-order valence-electron chi connectivity index (χ2n) is 3.84. The fraction of sp³-hybridized carbons (Fsp3) is 0.455. The average Bonchev–Trinajstić information content (AvgIpc) is 2.13. The third-order valence-electron chi connectivity index (χ3n) is 1.70. The third kappa shape index (κ3) is 5.30. The van der Waals surface area contributed by atoms with Gasteiger partial charge in [-0.05, 0) is 24.1 Å². The van der Waals surface area contributed by atoms with Crippen molar-refractivity contribution in [3.05, 3.63) is 22.7 Å². The predicted octanol–water partition coefficient (Wildman–Crippen LogP) is 4.38. The van der Waals surface area contributed by atoms with Crippen LogP contribution in [-0.4, -0.2) is 13.0 Å². The lowest BCUT2D eigenvalue weighted by molar-refractivity contribution is -0.275. The highest BCUT2D eigenvalue weighted by Gasteiger charge is 2.32. The van der Waals surface area contributed by atoms with Gasteiger partial charge in [0.15, 0.2) is 11.5 Å². The van der Waals surface area contributed by atoms with E-state index in [-0.39, 0.29) is 17.4 Å². The monoisotopic (exact) mass is 312 g/mol. The molecule has 0 aromatic heterocycles. The minimum Gasteiger partial charge on any atom is -0.489 e. The van der Waals surface area contributed by atoms with Crippen molar-refractivity contribution in [1.82, 2.24) is 0 Å². The van der Waals surface area contributed by atoms with Gasteiger partial charge in [0.2, 0.25) is 0 Å². The number of hydrogen-bond donors (Lipinski definition) is 0. The van der Waals surface area contributed by atoms with Crippen molar-refractivity contribution < 1.29 is 22.6 Å². The number of ether oxygens (including phenoxy) is 2. The summed E-state index contributed by atoms with van der Waals surface area (Å²) in [6.45, 7) is 4.14. The van der Waals surface area contributed by atoms with Crippen LogP contribution in [0, 0.1) is 5.92 Å². The van der Waals surface area contributed by atoms with Crippen molar-refractivity contribution in [1.29, 1.82) is 0 Å². The maximum absolute atomic E-state index is 12.2. The summed E-state index contributed by atoms with van der Waals surface area (Å²) in [6, 6.07) is 4.26. The molecule has 0 aliphatic rings. The molecule has 0 atom stereocenters. The van der Waals surface area contributed by atoms with Gasteiger partial charge in [-0.3, -0.25) is 0 Å². The van der Waals surface area contributed by atoms with Crippen LogP contribution in [0.5, 0.6) is 11.5 Å². The van der Waals surface area contributed by atoms with Crippen LogP contribution in [0.2, 0.25) is 0 Å². The highest BCUT2D eigenvalue weighted by molar-refractivity contribution is 9.10. The summed E-state index contributed by atoms with van der Waals surface area (Å²) in [5.41, 5.74) is 0. The Morgan fingerprint density at radius 3 is 2.41 bits per heavy atom. The SMILES string of the molecule is CC(C)COc1ccc(Br)cc1OC(F)(F)F. The van der Waals surface area contributed by atoms with Crippen molar-refractivity contribution in [2.75, 3.05) is 6.61 Å². The summed E-state index contributed by atoms with van der Waals surface area (Å²) in [5, 5.41) is 0. The van der Waals surface area contributed by atoms with E-state index in [2.05, 4.69) is 20.7 Å². The predicted molar refractivity (Wildman–Crippen MR) is 61.2 cm³/mol. The van der Waals surface area contributed by atoms with Gasteiger partial charge in [-0.25, -0.2) is 0 Å². The molecule has 0 aliphatic carbocycles. The summed E-state index contributed by atoms with van der Waals surface area (Å²) in [5.74, 6) is -0.0378. The molecule has 1 aromatic carbocycles. The largest absolute Gasteiger partial charge is 0.573 e. The quantitative estimate of drug-likeness (QED) is 0.821. The van der Waals surface area contributed by atoms with E-state index in [9.17, 15) is 13.2 Å². The highest BCUT2D eigenvalue weighted by atomic mass is 79.9. The molecule has 0 spiro atoms. The Morgan fingerprint density at radius 2 is 1.88 bits per heavy atom. The Bertz CT molecular complexity index is 377. The standard InChI is InChI=1S/C11H12BrF3O2/c1-7(2)6-16-9-4-3-8(12)5-10(9)17-11(13,14)15/h3-5,7H,6H2,1-2H3. The van der Waals surface area contributed by atoms with E-state index in [4.69, 9.17) is 4.74 Å². The van der Waals surface area contributed by atoms with Crippen LogP contribution in [0.15, 0.2) is 22.7 Å². The second kappa shape index (κ2) is 5.62. The molecule has 96 valence electrons. The molecule has 0 saturated heterocycles.